The van der Waals surface area contributed by atoms with Crippen molar-refractivity contribution in [3.8, 4) is 11.5 Å². The van der Waals surface area contributed by atoms with Crippen LogP contribution in [0.5, 0.6) is 0 Å². The van der Waals surface area contributed by atoms with Crippen molar-refractivity contribution < 1.29 is 4.42 Å². The summed E-state index contributed by atoms with van der Waals surface area (Å²) in [4.78, 5) is 0. The first-order chi connectivity index (χ1) is 8.72. The van der Waals surface area contributed by atoms with Crippen LogP contribution in [0.3, 0.4) is 0 Å². The molecule has 0 aliphatic carbocycles. The van der Waals surface area contributed by atoms with Crippen LogP contribution < -0.4 is 5.32 Å². The molecule has 18 heavy (non-hydrogen) atoms. The van der Waals surface area contributed by atoms with Crippen LogP contribution in [-0.4, -0.2) is 16.7 Å². The Hall–Kier alpha value is -1.68. The maximum absolute atomic E-state index is 5.69. The fourth-order valence-corrected chi connectivity index (χ4v) is 1.95. The highest BCUT2D eigenvalue weighted by atomic mass is 16.4. The molecule has 0 aliphatic heterocycles. The molecule has 0 radical (unpaired) electrons. The summed E-state index contributed by atoms with van der Waals surface area (Å²) in [5, 5.41) is 11.4. The van der Waals surface area contributed by atoms with Gasteiger partial charge in [-0.25, -0.2) is 0 Å². The summed E-state index contributed by atoms with van der Waals surface area (Å²) in [6.07, 6.45) is 1.10. The molecular weight excluding hydrogens is 226 g/mol. The molecule has 0 amide bonds. The van der Waals surface area contributed by atoms with E-state index in [0.717, 1.165) is 29.7 Å². The molecule has 4 heteroatoms. The van der Waals surface area contributed by atoms with Gasteiger partial charge in [-0.2, -0.15) is 0 Å². The van der Waals surface area contributed by atoms with Crippen LogP contribution in [0, 0.1) is 13.8 Å². The fraction of sp³-hybridized carbons (Fsp3) is 0.429. The summed E-state index contributed by atoms with van der Waals surface area (Å²) in [5.74, 6) is 1.25. The number of rotatable bonds is 5. The minimum absolute atomic E-state index is 0.610. The number of benzene rings is 1. The van der Waals surface area contributed by atoms with Gasteiger partial charge in [0.2, 0.25) is 11.8 Å². The molecule has 0 saturated carbocycles. The Balaban J connectivity index is 2.19. The largest absolute Gasteiger partial charge is 0.419 e. The van der Waals surface area contributed by atoms with Crippen molar-refractivity contribution in [2.24, 2.45) is 0 Å². The summed E-state index contributed by atoms with van der Waals surface area (Å²) in [6.45, 7) is 7.83. The Morgan fingerprint density at radius 1 is 1.17 bits per heavy atom. The van der Waals surface area contributed by atoms with Gasteiger partial charge < -0.3 is 9.73 Å². The van der Waals surface area contributed by atoms with E-state index in [1.54, 1.807) is 0 Å². The van der Waals surface area contributed by atoms with Gasteiger partial charge >= 0.3 is 0 Å². The van der Waals surface area contributed by atoms with Crippen LogP contribution in [0.25, 0.3) is 11.5 Å². The summed E-state index contributed by atoms with van der Waals surface area (Å²) in [5.41, 5.74) is 3.37. The Labute approximate surface area is 107 Å². The van der Waals surface area contributed by atoms with Gasteiger partial charge in [-0.3, -0.25) is 0 Å². The van der Waals surface area contributed by atoms with E-state index in [4.69, 9.17) is 4.42 Å². The van der Waals surface area contributed by atoms with Crippen LogP contribution in [0.1, 0.15) is 30.4 Å². The summed E-state index contributed by atoms with van der Waals surface area (Å²) >= 11 is 0. The molecule has 0 unspecified atom stereocenters. The maximum atomic E-state index is 5.69. The van der Waals surface area contributed by atoms with Crippen LogP contribution >= 0.6 is 0 Å². The van der Waals surface area contributed by atoms with Gasteiger partial charge in [-0.1, -0.05) is 25.1 Å². The molecule has 0 aliphatic rings. The lowest BCUT2D eigenvalue weighted by Crippen LogP contribution is -2.13. The minimum Gasteiger partial charge on any atom is -0.419 e. The van der Waals surface area contributed by atoms with E-state index in [-0.39, 0.29) is 0 Å². The molecule has 4 nitrogen and oxygen atoms in total. The first kappa shape index (κ1) is 12.8. The van der Waals surface area contributed by atoms with Crippen molar-refractivity contribution in [3.63, 3.8) is 0 Å². The molecule has 0 atom stereocenters. The van der Waals surface area contributed by atoms with E-state index in [2.05, 4.69) is 48.4 Å². The number of hydrogen-bond acceptors (Lipinski definition) is 4. The van der Waals surface area contributed by atoms with Gasteiger partial charge in [0.05, 0.1) is 6.54 Å². The van der Waals surface area contributed by atoms with Crippen LogP contribution in [-0.2, 0) is 6.54 Å². The molecule has 1 heterocycles. The van der Waals surface area contributed by atoms with E-state index >= 15 is 0 Å². The molecule has 0 fully saturated rings. The number of hydrogen-bond donors (Lipinski definition) is 1. The molecule has 1 aromatic heterocycles. The normalized spacial score (nSPS) is 10.8. The molecule has 2 aromatic rings. The van der Waals surface area contributed by atoms with Crippen molar-refractivity contribution in [1.29, 1.82) is 0 Å². The third-order valence-corrected chi connectivity index (χ3v) is 2.86. The van der Waals surface area contributed by atoms with E-state index in [1.807, 2.05) is 6.07 Å². The SMILES string of the molecule is CCCNCc1nnc(-c2c(C)cccc2C)o1. The molecular formula is C14H19N3O. The van der Waals surface area contributed by atoms with Gasteiger partial charge in [0.1, 0.15) is 0 Å². The van der Waals surface area contributed by atoms with E-state index in [9.17, 15) is 0 Å². The zero-order chi connectivity index (χ0) is 13.0. The van der Waals surface area contributed by atoms with Crippen molar-refractivity contribution in [1.82, 2.24) is 15.5 Å². The van der Waals surface area contributed by atoms with Crippen molar-refractivity contribution in [2.45, 2.75) is 33.7 Å². The number of nitrogens with zero attached hydrogens (tertiary/aromatic N) is 2. The van der Waals surface area contributed by atoms with Crippen molar-refractivity contribution in [2.75, 3.05) is 6.54 Å². The predicted molar refractivity (Wildman–Crippen MR) is 71.2 cm³/mol. The van der Waals surface area contributed by atoms with E-state index in [0.29, 0.717) is 18.3 Å². The molecule has 96 valence electrons. The first-order valence-electron chi connectivity index (χ1n) is 6.32. The second-order valence-corrected chi connectivity index (χ2v) is 4.44. The molecule has 1 aromatic carbocycles. The fourth-order valence-electron chi connectivity index (χ4n) is 1.95. The topological polar surface area (TPSA) is 51.0 Å². The Bertz CT molecular complexity index is 499. The molecule has 1 N–H and O–H groups in total. The highest BCUT2D eigenvalue weighted by Gasteiger charge is 2.12. The van der Waals surface area contributed by atoms with E-state index in [1.165, 1.54) is 0 Å². The molecule has 0 spiro atoms. The van der Waals surface area contributed by atoms with Gasteiger partial charge in [-0.15, -0.1) is 10.2 Å². The van der Waals surface area contributed by atoms with Gasteiger partial charge in [0.25, 0.3) is 0 Å². The third-order valence-electron chi connectivity index (χ3n) is 2.86. The van der Waals surface area contributed by atoms with Gasteiger partial charge in [0, 0.05) is 5.56 Å². The number of nitrogens with one attached hydrogen (secondary N) is 1. The highest BCUT2D eigenvalue weighted by Crippen LogP contribution is 2.25. The monoisotopic (exact) mass is 245 g/mol. The highest BCUT2D eigenvalue weighted by molar-refractivity contribution is 5.62. The molecule has 0 saturated heterocycles. The molecule has 0 bridgehead atoms. The second-order valence-electron chi connectivity index (χ2n) is 4.44. The van der Waals surface area contributed by atoms with Crippen LogP contribution in [0.15, 0.2) is 22.6 Å². The van der Waals surface area contributed by atoms with Crippen LogP contribution in [0.4, 0.5) is 0 Å². The number of aromatic nitrogens is 2. The second kappa shape index (κ2) is 5.78. The summed E-state index contributed by atoms with van der Waals surface area (Å²) in [6, 6.07) is 6.15. The quantitative estimate of drug-likeness (QED) is 0.823. The Morgan fingerprint density at radius 2 is 1.89 bits per heavy atom. The summed E-state index contributed by atoms with van der Waals surface area (Å²) in [7, 11) is 0. The van der Waals surface area contributed by atoms with Crippen molar-refractivity contribution in [3.05, 3.63) is 35.2 Å². The Kier molecular flexibility index (Phi) is 4.10. The smallest absolute Gasteiger partial charge is 0.248 e. The average Bonchev–Trinajstić information content (AvgIpc) is 2.78. The lowest BCUT2D eigenvalue weighted by Gasteiger charge is -2.04. The standard InChI is InChI=1S/C14H19N3O/c1-4-8-15-9-12-16-17-14(18-12)13-10(2)6-5-7-11(13)3/h5-7,15H,4,8-9H2,1-3H3. The average molecular weight is 245 g/mol. The third kappa shape index (κ3) is 2.76. The minimum atomic E-state index is 0.610. The lowest BCUT2D eigenvalue weighted by molar-refractivity contribution is 0.477. The van der Waals surface area contributed by atoms with Gasteiger partial charge in [0.15, 0.2) is 0 Å². The maximum Gasteiger partial charge on any atom is 0.248 e. The Morgan fingerprint density at radius 3 is 2.56 bits per heavy atom. The first-order valence-corrected chi connectivity index (χ1v) is 6.32. The zero-order valence-electron chi connectivity index (χ0n) is 11.2. The van der Waals surface area contributed by atoms with Crippen LogP contribution in [0.2, 0.25) is 0 Å². The predicted octanol–water partition coefficient (Wildman–Crippen LogP) is 2.85. The molecule has 2 rings (SSSR count). The lowest BCUT2D eigenvalue weighted by atomic mass is 10.0. The number of aryl methyl sites for hydroxylation is 2. The summed E-state index contributed by atoms with van der Waals surface area (Å²) < 4.78 is 5.69. The van der Waals surface area contributed by atoms with Crippen molar-refractivity contribution >= 4 is 0 Å². The van der Waals surface area contributed by atoms with Gasteiger partial charge in [-0.05, 0) is 37.9 Å². The zero-order valence-corrected chi connectivity index (χ0v) is 11.2. The van der Waals surface area contributed by atoms with E-state index < -0.39 is 0 Å².